The summed E-state index contributed by atoms with van der Waals surface area (Å²) in [5.41, 5.74) is -12.2. The van der Waals surface area contributed by atoms with Crippen LogP contribution >= 0.6 is 11.6 Å². The SMILES string of the molecule is C.CC(=O)O[C@@]12CO[C@@H]1C[C@H](O)[C@@]1(C)C(=O)[C@H](O)C3=C(C)[C@@H](O)C[C@@](O)([C@@H](OC(=O)c4ccccc4)C12)C3(C)C.CC(=O)O[C@@]12CO[C@@H]1C[C@H](OC(=O)OCc1ccccc1)[C@@]1(C)C(=O)[C@H](OC(=O)OCc3ccccc3)C3=C(C)[C@@H](O)C[C@@](O)([C@@H](OC(=O)c4ccccc4)C12)C3(C)C.O=C(Cl)OCc1ccccc1. The topological polar surface area (TPSA) is 377 Å². The number of hydrogen-bond acceptors (Lipinski definition) is 26. The van der Waals surface area contributed by atoms with Crippen molar-refractivity contribution in [1.29, 1.82) is 0 Å². The first-order chi connectivity index (χ1) is 51.4. The van der Waals surface area contributed by atoms with E-state index in [9.17, 15) is 69.0 Å². The fourth-order valence-corrected chi connectivity index (χ4v) is 18.0. The van der Waals surface area contributed by atoms with Crippen LogP contribution < -0.4 is 0 Å². The van der Waals surface area contributed by atoms with Crippen LogP contribution in [-0.2, 0) is 91.1 Å². The zero-order chi connectivity index (χ0) is 79.1. The van der Waals surface area contributed by atoms with Crippen molar-refractivity contribution >= 4 is 64.8 Å². The van der Waals surface area contributed by atoms with Gasteiger partial charge in [0.15, 0.2) is 28.9 Å². The number of rotatable bonds is 14. The zero-order valence-electron chi connectivity index (χ0n) is 62.0. The van der Waals surface area contributed by atoms with Crippen molar-refractivity contribution in [1.82, 2.24) is 0 Å². The Hall–Kier alpha value is -9.22. The lowest BCUT2D eigenvalue weighted by Crippen LogP contribution is -2.82. The molecule has 0 spiro atoms. The van der Waals surface area contributed by atoms with Crippen molar-refractivity contribution in [2.45, 2.75) is 206 Å². The van der Waals surface area contributed by atoms with Gasteiger partial charge in [-0.1, -0.05) is 163 Å². The van der Waals surface area contributed by atoms with E-state index in [2.05, 4.69) is 4.74 Å². The Kier molecular flexibility index (Phi) is 24.4. The minimum Gasteiger partial charge on any atom is -0.455 e. The summed E-state index contributed by atoms with van der Waals surface area (Å²) >= 11 is 4.97. The van der Waals surface area contributed by atoms with E-state index < -0.39 is 177 Å². The average molecular weight is 1540 g/mol. The lowest BCUT2D eigenvalue weighted by molar-refractivity contribution is -0.346. The molecular formula is C83H95ClO26. The van der Waals surface area contributed by atoms with Crippen LogP contribution in [-0.4, -0.2) is 180 Å². The molecule has 8 aliphatic rings. The lowest BCUT2D eigenvalue weighted by atomic mass is 9.44. The van der Waals surface area contributed by atoms with Crippen LogP contribution in [0.5, 0.6) is 0 Å². The maximum absolute atomic E-state index is 15.9. The molecule has 6 fully saturated rings. The minimum atomic E-state index is -2.28. The van der Waals surface area contributed by atoms with E-state index in [1.807, 2.05) is 30.3 Å². The number of ether oxygens (including phenoxy) is 11. The van der Waals surface area contributed by atoms with Crippen LogP contribution in [0.4, 0.5) is 14.4 Å². The number of Topliss-reactive ketones (excluding diaryl/α,β-unsaturated/α-hetero) is 2. The Morgan fingerprint density at radius 1 is 0.482 bits per heavy atom. The first-order valence-corrected chi connectivity index (χ1v) is 36.3. The van der Waals surface area contributed by atoms with Gasteiger partial charge in [0.05, 0.1) is 65.3 Å². The normalized spacial score (nSPS) is 33.1. The largest absolute Gasteiger partial charge is 0.509 e. The maximum Gasteiger partial charge on any atom is 0.509 e. The van der Waals surface area contributed by atoms with Crippen LogP contribution in [0.15, 0.2) is 174 Å². The Balaban J connectivity index is 0.000000215. The molecule has 18 atom stereocenters. The van der Waals surface area contributed by atoms with E-state index in [1.165, 1.54) is 52.0 Å². The molecule has 27 heteroatoms. The van der Waals surface area contributed by atoms with E-state index in [0.29, 0.717) is 16.7 Å². The monoisotopic (exact) mass is 1540 g/mol. The molecule has 2 saturated heterocycles. The molecule has 0 aromatic heterocycles. The highest BCUT2D eigenvalue weighted by Crippen LogP contribution is 2.67. The summed E-state index contributed by atoms with van der Waals surface area (Å²) in [6, 6.07) is 43.0. The van der Waals surface area contributed by atoms with Gasteiger partial charge >= 0.3 is 41.6 Å². The number of carbonyl (C=O) groups excluding carboxylic acids is 9. The molecule has 0 amide bonds. The molecule has 26 nitrogen and oxygen atoms in total. The van der Waals surface area contributed by atoms with Crippen molar-refractivity contribution in [3.05, 3.63) is 202 Å². The van der Waals surface area contributed by atoms with Gasteiger partial charge in [-0.2, -0.15) is 0 Å². The lowest BCUT2D eigenvalue weighted by Gasteiger charge is -2.67. The zero-order valence-corrected chi connectivity index (χ0v) is 62.7. The molecule has 6 N–H and O–H groups in total. The second-order valence-electron chi connectivity index (χ2n) is 30.6. The predicted molar refractivity (Wildman–Crippen MR) is 391 cm³/mol. The van der Waals surface area contributed by atoms with Crippen molar-refractivity contribution in [2.75, 3.05) is 13.2 Å². The van der Waals surface area contributed by atoms with Crippen LogP contribution in [0.1, 0.15) is 140 Å². The van der Waals surface area contributed by atoms with E-state index in [-0.39, 0.29) is 87.6 Å². The molecule has 110 heavy (non-hydrogen) atoms. The molecule has 2 heterocycles. The Bertz CT molecular complexity index is 4320. The predicted octanol–water partition coefficient (Wildman–Crippen LogP) is 10.1. The first-order valence-electron chi connectivity index (χ1n) is 35.9. The van der Waals surface area contributed by atoms with Gasteiger partial charge in [-0.3, -0.25) is 19.2 Å². The molecule has 4 bridgehead atoms. The molecular weight excluding hydrogens is 1450 g/mol. The molecule has 6 aliphatic carbocycles. The van der Waals surface area contributed by atoms with Gasteiger partial charge in [-0.15, -0.1) is 0 Å². The molecule has 590 valence electrons. The molecule has 5 aromatic carbocycles. The highest BCUT2D eigenvalue weighted by Gasteiger charge is 2.81. The number of aliphatic hydroxyl groups is 6. The summed E-state index contributed by atoms with van der Waals surface area (Å²) in [4.78, 5) is 121. The van der Waals surface area contributed by atoms with E-state index >= 15 is 4.79 Å². The highest BCUT2D eigenvalue weighted by molar-refractivity contribution is 6.61. The van der Waals surface area contributed by atoms with Gasteiger partial charge in [0.1, 0.15) is 67.6 Å². The third kappa shape index (κ3) is 14.9. The van der Waals surface area contributed by atoms with Gasteiger partial charge < -0.3 is 82.7 Å². The second-order valence-corrected chi connectivity index (χ2v) is 30.9. The number of halogens is 1. The summed E-state index contributed by atoms with van der Waals surface area (Å²) in [5, 5.41) is 71.9. The second kappa shape index (κ2) is 32.2. The highest BCUT2D eigenvalue weighted by atomic mass is 35.5. The number of ketones is 2. The average Bonchev–Trinajstić information content (AvgIpc) is 0.674. The Labute approximate surface area is 641 Å². The Morgan fingerprint density at radius 3 is 1.24 bits per heavy atom. The quantitative estimate of drug-likeness (QED) is 0.0260. The summed E-state index contributed by atoms with van der Waals surface area (Å²) in [7, 11) is 0. The number of esters is 4. The maximum atomic E-state index is 15.9. The van der Waals surface area contributed by atoms with Crippen molar-refractivity contribution in [3.8, 4) is 0 Å². The minimum absolute atomic E-state index is 0. The molecule has 0 radical (unpaired) electrons. The fraction of sp³-hybridized carbons (Fsp3) is 0.482. The third-order valence-electron chi connectivity index (χ3n) is 23.9. The molecule has 2 unspecified atom stereocenters. The molecule has 5 aromatic rings. The van der Waals surface area contributed by atoms with Crippen molar-refractivity contribution in [2.24, 2.45) is 33.5 Å². The smallest absolute Gasteiger partial charge is 0.455 e. The fourth-order valence-electron chi connectivity index (χ4n) is 18.0. The summed E-state index contributed by atoms with van der Waals surface area (Å²) in [6.07, 6.45) is -17.9. The number of benzene rings is 5. The number of carbonyl (C=O) groups is 9. The van der Waals surface area contributed by atoms with Crippen LogP contribution in [0.25, 0.3) is 0 Å². The third-order valence-corrected chi connectivity index (χ3v) is 24.0. The summed E-state index contributed by atoms with van der Waals surface area (Å²) < 4.78 is 63.9. The summed E-state index contributed by atoms with van der Waals surface area (Å²) in [6.45, 7) is 14.2. The van der Waals surface area contributed by atoms with Crippen LogP contribution in [0.3, 0.4) is 0 Å². The van der Waals surface area contributed by atoms with Gasteiger partial charge in [0.2, 0.25) is 0 Å². The van der Waals surface area contributed by atoms with Crippen molar-refractivity contribution < 1.29 is 126 Å². The van der Waals surface area contributed by atoms with Crippen LogP contribution in [0, 0.1) is 33.5 Å². The standard InChI is InChI=1S/C45H48O14.C29H36O10.C8H7ClO2.CH4/c1-26-31(47)22-45(52)38(58-39(49)30-19-13-8-14-20-30)36-43(5,37(48)35(34(26)42(45,3)4)57-41(51)54-24-29-17-11-7-12-18-29)32(21-33-44(36,25-55-33)59-27(2)46)56-40(50)53-23-28-15-9-6-10-16-28;1-14-17(31)12-29(36)24(38-25(35)16-9-7-6-8-10-16)22-27(5,23(34)21(33)20(14)26(29,3)4)18(32)11-19-28(22,13-37-19)39-15(2)30;9-8(10)11-6-7-4-2-1-3-5-7;/h6-20,31-33,35-36,38,47,52H,21-25H2,1-5H3;6-10,17-19,21-22,24,31-33,36H,11-13H2,1-5H3;1-5H,6H2;1H4/t31-,32-,33+,35+,36?,38-,43+,44-,45+;17-,18-,19+,21+,22?,24-,27+,28-,29+;;/m00../s1. The van der Waals surface area contributed by atoms with Gasteiger partial charge in [-0.05, 0) is 90.9 Å². The van der Waals surface area contributed by atoms with E-state index in [0.717, 1.165) is 5.56 Å². The molecule has 13 rings (SSSR count). The van der Waals surface area contributed by atoms with Crippen molar-refractivity contribution in [3.63, 3.8) is 0 Å². The molecule has 4 saturated carbocycles. The van der Waals surface area contributed by atoms with E-state index in [1.54, 1.807) is 139 Å². The molecule has 2 aliphatic heterocycles. The van der Waals surface area contributed by atoms with Gasteiger partial charge in [0.25, 0.3) is 0 Å². The summed E-state index contributed by atoms with van der Waals surface area (Å²) in [5.74, 6) is -7.69. The number of aliphatic hydroxyl groups excluding tert-OH is 4. The van der Waals surface area contributed by atoms with Gasteiger partial charge in [-0.25, -0.2) is 24.0 Å². The van der Waals surface area contributed by atoms with Crippen LogP contribution in [0.2, 0.25) is 0 Å². The Morgan fingerprint density at radius 2 is 0.845 bits per heavy atom. The van der Waals surface area contributed by atoms with E-state index in [4.69, 9.17) is 59.0 Å². The van der Waals surface area contributed by atoms with Gasteiger partial charge in [0, 0.05) is 62.0 Å². The first kappa shape index (κ1) is 83.3. The number of fused-ring (bicyclic) bond motifs is 10. The number of hydrogen-bond donors (Lipinski definition) is 6.